The van der Waals surface area contributed by atoms with Crippen LogP contribution in [0.1, 0.15) is 27.4 Å². The van der Waals surface area contributed by atoms with Gasteiger partial charge in [-0.05, 0) is 30.7 Å². The second-order valence-corrected chi connectivity index (χ2v) is 7.95. The first-order chi connectivity index (χ1) is 15.8. The Morgan fingerprint density at radius 1 is 1.09 bits per heavy atom. The molecule has 1 amide bonds. The third-order valence-electron chi connectivity index (χ3n) is 4.57. The maximum Gasteiger partial charge on any atom is 0.459 e. The van der Waals surface area contributed by atoms with Crippen LogP contribution < -0.4 is 5.32 Å². The fourth-order valence-electron chi connectivity index (χ4n) is 3.00. The van der Waals surface area contributed by atoms with E-state index in [-0.39, 0.29) is 28.3 Å². The van der Waals surface area contributed by atoms with Crippen LogP contribution in [0.5, 0.6) is 0 Å². The Hall–Kier alpha value is -3.32. The van der Waals surface area contributed by atoms with Gasteiger partial charge in [0.25, 0.3) is 5.91 Å². The number of carbonyl (C=O) groups excluding carboxylic acids is 1. The van der Waals surface area contributed by atoms with E-state index in [0.717, 1.165) is 6.07 Å². The van der Waals surface area contributed by atoms with E-state index >= 15 is 0 Å². The molecule has 4 rings (SSSR count). The maximum atomic E-state index is 14.0. The first-order valence-corrected chi connectivity index (χ1v) is 10.1. The van der Waals surface area contributed by atoms with Crippen molar-refractivity contribution < 1.29 is 26.7 Å². The van der Waals surface area contributed by atoms with Crippen LogP contribution in [0.4, 0.5) is 27.9 Å². The lowest BCUT2D eigenvalue weighted by molar-refractivity contribution is -0.291. The van der Waals surface area contributed by atoms with Crippen molar-refractivity contribution in [1.29, 1.82) is 0 Å². The van der Waals surface area contributed by atoms with Crippen molar-refractivity contribution in [3.8, 4) is 0 Å². The molecule has 0 saturated heterocycles. The number of aryl methyl sites for hydroxylation is 1. The number of hydrogen-bond donors (Lipinski definition) is 1. The highest BCUT2D eigenvalue weighted by Gasteiger charge is 2.60. The van der Waals surface area contributed by atoms with Crippen LogP contribution in [-0.2, 0) is 12.5 Å². The molecule has 0 radical (unpaired) electrons. The van der Waals surface area contributed by atoms with Crippen molar-refractivity contribution in [3.05, 3.63) is 69.3 Å². The van der Waals surface area contributed by atoms with E-state index in [1.165, 1.54) is 17.9 Å². The summed E-state index contributed by atoms with van der Waals surface area (Å²) in [6, 6.07) is 6.40. The van der Waals surface area contributed by atoms with E-state index in [4.69, 9.17) is 23.2 Å². The van der Waals surface area contributed by atoms with Crippen molar-refractivity contribution in [2.24, 2.45) is 0 Å². The fraction of sp³-hybridized carbons (Fsp3) is 0.211. The molecule has 0 saturated carbocycles. The summed E-state index contributed by atoms with van der Waals surface area (Å²) in [5.41, 5.74) is -1.73. The van der Waals surface area contributed by atoms with Crippen LogP contribution >= 0.6 is 23.2 Å². The molecule has 0 unspecified atom stereocenters. The Kier molecular flexibility index (Phi) is 5.94. The zero-order valence-electron chi connectivity index (χ0n) is 16.9. The highest BCUT2D eigenvalue weighted by molar-refractivity contribution is 6.35. The third kappa shape index (κ3) is 4.53. The van der Waals surface area contributed by atoms with Crippen molar-refractivity contribution in [2.75, 3.05) is 5.32 Å². The number of rotatable bonds is 5. The molecule has 0 aliphatic heterocycles. The maximum absolute atomic E-state index is 14.0. The molecule has 0 spiro atoms. The molecule has 34 heavy (non-hydrogen) atoms. The minimum atomic E-state index is -5.87. The molecule has 1 aromatic carbocycles. The number of nitrogens with one attached hydrogen (secondary N) is 1. The fourth-order valence-corrected chi connectivity index (χ4v) is 3.47. The summed E-state index contributed by atoms with van der Waals surface area (Å²) in [7, 11) is 0. The van der Waals surface area contributed by atoms with Crippen LogP contribution in [0.3, 0.4) is 0 Å². The zero-order valence-corrected chi connectivity index (χ0v) is 18.4. The summed E-state index contributed by atoms with van der Waals surface area (Å²) in [5.74, 6) is -6.31. The molecule has 0 aliphatic rings. The van der Waals surface area contributed by atoms with Gasteiger partial charge in [-0.1, -0.05) is 29.3 Å². The Morgan fingerprint density at radius 3 is 2.50 bits per heavy atom. The van der Waals surface area contributed by atoms with E-state index in [2.05, 4.69) is 25.5 Å². The van der Waals surface area contributed by atoms with E-state index in [1.807, 2.05) is 0 Å². The average molecular weight is 520 g/mol. The first-order valence-electron chi connectivity index (χ1n) is 9.32. The molecule has 0 fully saturated rings. The number of aromatic nitrogens is 6. The van der Waals surface area contributed by atoms with Gasteiger partial charge in [-0.2, -0.15) is 27.1 Å². The van der Waals surface area contributed by atoms with E-state index in [0.29, 0.717) is 21.7 Å². The first kappa shape index (κ1) is 23.8. The zero-order chi connectivity index (χ0) is 24.8. The van der Waals surface area contributed by atoms with Gasteiger partial charge in [0.1, 0.15) is 12.0 Å². The number of benzene rings is 1. The average Bonchev–Trinajstić information content (AvgIpc) is 3.35. The lowest BCUT2D eigenvalue weighted by Crippen LogP contribution is -2.36. The highest BCUT2D eigenvalue weighted by atomic mass is 35.5. The molecule has 15 heteroatoms. The van der Waals surface area contributed by atoms with Gasteiger partial charge in [0, 0.05) is 21.8 Å². The van der Waals surface area contributed by atoms with Crippen molar-refractivity contribution >= 4 is 40.7 Å². The molecule has 3 heterocycles. The molecular weight excluding hydrogens is 508 g/mol. The molecular formula is C19H12Cl2F5N7O. The van der Waals surface area contributed by atoms with Crippen LogP contribution in [0.25, 0.3) is 5.65 Å². The minimum absolute atomic E-state index is 0.112. The van der Waals surface area contributed by atoms with E-state index < -0.39 is 29.4 Å². The molecule has 4 aromatic rings. The largest absolute Gasteiger partial charge is 0.459 e. The van der Waals surface area contributed by atoms with Crippen LogP contribution in [0, 0.1) is 6.92 Å². The Morgan fingerprint density at radius 2 is 1.82 bits per heavy atom. The number of fused-ring (bicyclic) bond motifs is 1. The van der Waals surface area contributed by atoms with Gasteiger partial charge < -0.3 is 0 Å². The third-order valence-corrected chi connectivity index (χ3v) is 5.16. The molecule has 0 atom stereocenters. The number of amides is 1. The predicted molar refractivity (Wildman–Crippen MR) is 111 cm³/mol. The molecule has 0 aliphatic carbocycles. The summed E-state index contributed by atoms with van der Waals surface area (Å²) in [4.78, 5) is 20.3. The normalized spacial score (nSPS) is 12.4. The van der Waals surface area contributed by atoms with E-state index in [1.54, 1.807) is 18.2 Å². The van der Waals surface area contributed by atoms with Crippen LogP contribution in [0.15, 0.2) is 36.7 Å². The number of carbonyl (C=O) groups is 1. The Bertz CT molecular complexity index is 1400. The number of anilines is 1. The number of nitrogens with zero attached hydrogens (tertiary/aromatic N) is 6. The molecule has 178 valence electrons. The standard InChI is InChI=1S/C19H12Cl2F5N7O/c1-9-4-14(18(22,23)19(24,25)26)33-15(28-9)6-13(30-33)16(34)29-17-27-8-32(31-17)7-10-2-3-11(20)5-12(10)21/h2-6,8H,7H2,1H3,(H,29,31,34). The summed E-state index contributed by atoms with van der Waals surface area (Å²) < 4.78 is 68.4. The summed E-state index contributed by atoms with van der Waals surface area (Å²) >= 11 is 12.0. The molecule has 3 aromatic heterocycles. The quantitative estimate of drug-likeness (QED) is 0.379. The monoisotopic (exact) mass is 519 g/mol. The molecule has 8 nitrogen and oxygen atoms in total. The smallest absolute Gasteiger partial charge is 0.288 e. The predicted octanol–water partition coefficient (Wildman–Crippen LogP) is 4.89. The Balaban J connectivity index is 1.58. The van der Waals surface area contributed by atoms with Gasteiger partial charge in [0.2, 0.25) is 5.95 Å². The van der Waals surface area contributed by atoms with Crippen LogP contribution in [-0.4, -0.2) is 41.4 Å². The summed E-state index contributed by atoms with van der Waals surface area (Å²) in [6.07, 6.45) is -4.57. The summed E-state index contributed by atoms with van der Waals surface area (Å²) in [6.45, 7) is 1.44. The van der Waals surface area contributed by atoms with Crippen LogP contribution in [0.2, 0.25) is 10.0 Å². The highest BCUT2D eigenvalue weighted by Crippen LogP contribution is 2.43. The lowest BCUT2D eigenvalue weighted by atomic mass is 10.2. The summed E-state index contributed by atoms with van der Waals surface area (Å²) in [5, 5.41) is 10.8. The molecule has 0 bridgehead atoms. The number of halogens is 7. The SMILES string of the molecule is Cc1cc(C(F)(F)C(F)(F)F)n2nc(C(=O)Nc3ncn(Cc4ccc(Cl)cc4Cl)n3)cc2n1. The molecule has 1 N–H and O–H groups in total. The van der Waals surface area contributed by atoms with Gasteiger partial charge in [-0.15, -0.1) is 5.10 Å². The number of hydrogen-bond acceptors (Lipinski definition) is 5. The second kappa shape index (κ2) is 8.47. The van der Waals surface area contributed by atoms with Crippen molar-refractivity contribution in [3.63, 3.8) is 0 Å². The minimum Gasteiger partial charge on any atom is -0.288 e. The van der Waals surface area contributed by atoms with Gasteiger partial charge in [-0.3, -0.25) is 10.1 Å². The van der Waals surface area contributed by atoms with E-state index in [9.17, 15) is 26.7 Å². The lowest BCUT2D eigenvalue weighted by Gasteiger charge is -2.20. The topological polar surface area (TPSA) is 90.0 Å². The van der Waals surface area contributed by atoms with Crippen molar-refractivity contribution in [2.45, 2.75) is 25.6 Å². The van der Waals surface area contributed by atoms with Gasteiger partial charge in [0.15, 0.2) is 11.3 Å². The van der Waals surface area contributed by atoms with Crippen molar-refractivity contribution in [1.82, 2.24) is 29.4 Å². The second-order valence-electron chi connectivity index (χ2n) is 7.11. The number of alkyl halides is 5. The van der Waals surface area contributed by atoms with Gasteiger partial charge in [-0.25, -0.2) is 19.2 Å². The van der Waals surface area contributed by atoms with Gasteiger partial charge in [0.05, 0.1) is 6.54 Å². The Labute approximate surface area is 197 Å². The van der Waals surface area contributed by atoms with Gasteiger partial charge >= 0.3 is 12.1 Å².